The standard InChI is InChI=1S/C17H17ClN2O4/c18-13-4-2-12(3-5-13)14(21)9-20-17(22)19-8-11-1-6-15-16(7-11)24-10-23-15/h1-7,14,21H,8-10H2,(H2,19,20,22). The minimum absolute atomic E-state index is 0.106. The number of nitrogens with one attached hydrogen (secondary N) is 2. The lowest BCUT2D eigenvalue weighted by Crippen LogP contribution is -2.37. The Hall–Kier alpha value is -2.44. The molecule has 1 unspecified atom stereocenters. The molecule has 3 rings (SSSR count). The number of fused-ring (bicyclic) bond motifs is 1. The minimum atomic E-state index is -0.793. The van der Waals surface area contributed by atoms with Gasteiger partial charge in [-0.05, 0) is 35.4 Å². The van der Waals surface area contributed by atoms with Crippen LogP contribution in [0.25, 0.3) is 0 Å². The lowest BCUT2D eigenvalue weighted by Gasteiger charge is -2.13. The van der Waals surface area contributed by atoms with E-state index >= 15 is 0 Å². The molecule has 1 heterocycles. The first kappa shape index (κ1) is 16.4. The molecule has 1 aliphatic rings. The van der Waals surface area contributed by atoms with E-state index in [1.54, 1.807) is 24.3 Å². The topological polar surface area (TPSA) is 79.8 Å². The van der Waals surface area contributed by atoms with E-state index in [-0.39, 0.29) is 19.4 Å². The summed E-state index contributed by atoms with van der Waals surface area (Å²) in [6, 6.07) is 12.0. The largest absolute Gasteiger partial charge is 0.454 e. The van der Waals surface area contributed by atoms with Crippen LogP contribution in [-0.2, 0) is 6.54 Å². The van der Waals surface area contributed by atoms with Gasteiger partial charge in [0.1, 0.15) is 0 Å². The minimum Gasteiger partial charge on any atom is -0.454 e. The molecule has 2 amide bonds. The fraction of sp³-hybridized carbons (Fsp3) is 0.235. The summed E-state index contributed by atoms with van der Waals surface area (Å²) in [4.78, 5) is 11.8. The predicted octanol–water partition coefficient (Wildman–Crippen LogP) is 2.60. The number of carbonyl (C=O) groups is 1. The van der Waals surface area contributed by atoms with Crippen LogP contribution in [0.2, 0.25) is 5.02 Å². The van der Waals surface area contributed by atoms with Crippen molar-refractivity contribution in [1.82, 2.24) is 10.6 Å². The van der Waals surface area contributed by atoms with Gasteiger partial charge in [0.25, 0.3) is 0 Å². The van der Waals surface area contributed by atoms with E-state index in [2.05, 4.69) is 10.6 Å². The number of carbonyl (C=O) groups excluding carboxylic acids is 1. The Labute approximate surface area is 144 Å². The monoisotopic (exact) mass is 348 g/mol. The molecule has 3 N–H and O–H groups in total. The molecule has 0 aliphatic carbocycles. The van der Waals surface area contributed by atoms with Crippen LogP contribution in [0.3, 0.4) is 0 Å². The zero-order valence-corrected chi connectivity index (χ0v) is 13.5. The van der Waals surface area contributed by atoms with E-state index in [1.165, 1.54) is 0 Å². The summed E-state index contributed by atoms with van der Waals surface area (Å²) in [5.74, 6) is 1.38. The first-order valence-corrected chi connectivity index (χ1v) is 7.83. The SMILES string of the molecule is O=C(NCc1ccc2c(c1)OCO2)NCC(O)c1ccc(Cl)cc1. The Morgan fingerprint density at radius 1 is 1.12 bits per heavy atom. The molecule has 0 saturated heterocycles. The van der Waals surface area contributed by atoms with Crippen molar-refractivity contribution in [2.75, 3.05) is 13.3 Å². The number of halogens is 1. The van der Waals surface area contributed by atoms with Crippen molar-refractivity contribution in [3.63, 3.8) is 0 Å². The second-order valence-electron chi connectivity index (χ2n) is 5.32. The maximum Gasteiger partial charge on any atom is 0.315 e. The van der Waals surface area contributed by atoms with Gasteiger partial charge < -0.3 is 25.2 Å². The third-order valence-electron chi connectivity index (χ3n) is 3.60. The average Bonchev–Trinajstić information content (AvgIpc) is 3.06. The van der Waals surface area contributed by atoms with Gasteiger partial charge in [-0.25, -0.2) is 4.79 Å². The molecule has 0 fully saturated rings. The Bertz CT molecular complexity index is 721. The van der Waals surface area contributed by atoms with Gasteiger partial charge >= 0.3 is 6.03 Å². The number of hydrogen-bond donors (Lipinski definition) is 3. The highest BCUT2D eigenvalue weighted by Crippen LogP contribution is 2.32. The van der Waals surface area contributed by atoms with Crippen molar-refractivity contribution in [2.45, 2.75) is 12.6 Å². The quantitative estimate of drug-likeness (QED) is 0.776. The predicted molar refractivity (Wildman–Crippen MR) is 89.2 cm³/mol. The van der Waals surface area contributed by atoms with Gasteiger partial charge in [0.05, 0.1) is 6.10 Å². The summed E-state index contributed by atoms with van der Waals surface area (Å²) >= 11 is 5.80. The summed E-state index contributed by atoms with van der Waals surface area (Å²) < 4.78 is 10.5. The molecular formula is C17H17ClN2O4. The Balaban J connectivity index is 1.45. The number of benzene rings is 2. The molecule has 24 heavy (non-hydrogen) atoms. The van der Waals surface area contributed by atoms with Crippen LogP contribution in [0.4, 0.5) is 4.79 Å². The first-order valence-electron chi connectivity index (χ1n) is 7.45. The van der Waals surface area contributed by atoms with Gasteiger partial charge in [-0.3, -0.25) is 0 Å². The van der Waals surface area contributed by atoms with Crippen molar-refractivity contribution >= 4 is 17.6 Å². The van der Waals surface area contributed by atoms with Gasteiger partial charge in [-0.1, -0.05) is 29.8 Å². The van der Waals surface area contributed by atoms with Crippen LogP contribution in [0.15, 0.2) is 42.5 Å². The fourth-order valence-corrected chi connectivity index (χ4v) is 2.41. The molecule has 126 valence electrons. The van der Waals surface area contributed by atoms with Crippen molar-refractivity contribution in [2.24, 2.45) is 0 Å². The molecule has 1 aliphatic heterocycles. The van der Waals surface area contributed by atoms with Gasteiger partial charge in [0.2, 0.25) is 6.79 Å². The maximum atomic E-state index is 11.8. The van der Waals surface area contributed by atoms with Gasteiger partial charge in [-0.2, -0.15) is 0 Å². The molecule has 2 aromatic carbocycles. The molecule has 0 radical (unpaired) electrons. The van der Waals surface area contributed by atoms with Crippen molar-refractivity contribution in [3.05, 3.63) is 58.6 Å². The number of aliphatic hydroxyl groups is 1. The van der Waals surface area contributed by atoms with Gasteiger partial charge in [0.15, 0.2) is 11.5 Å². The number of amides is 2. The van der Waals surface area contributed by atoms with Crippen LogP contribution >= 0.6 is 11.6 Å². The number of rotatable bonds is 5. The highest BCUT2D eigenvalue weighted by atomic mass is 35.5. The van der Waals surface area contributed by atoms with Crippen molar-refractivity contribution in [3.8, 4) is 11.5 Å². The van der Waals surface area contributed by atoms with Gasteiger partial charge in [0, 0.05) is 18.1 Å². The summed E-state index contributed by atoms with van der Waals surface area (Å²) in [6.45, 7) is 0.670. The third-order valence-corrected chi connectivity index (χ3v) is 3.85. The number of aliphatic hydroxyl groups excluding tert-OH is 1. The van der Waals surface area contributed by atoms with Crippen LogP contribution in [0.1, 0.15) is 17.2 Å². The highest BCUT2D eigenvalue weighted by Gasteiger charge is 2.14. The summed E-state index contributed by atoms with van der Waals surface area (Å²) in [5.41, 5.74) is 1.59. The van der Waals surface area contributed by atoms with E-state index in [0.717, 1.165) is 5.56 Å². The average molecular weight is 349 g/mol. The van der Waals surface area contributed by atoms with E-state index in [0.29, 0.717) is 28.6 Å². The van der Waals surface area contributed by atoms with E-state index in [1.807, 2.05) is 18.2 Å². The normalized spacial score (nSPS) is 13.4. The molecule has 0 saturated carbocycles. The number of hydrogen-bond acceptors (Lipinski definition) is 4. The zero-order valence-electron chi connectivity index (χ0n) is 12.8. The first-order chi connectivity index (χ1) is 11.6. The van der Waals surface area contributed by atoms with Crippen LogP contribution in [-0.4, -0.2) is 24.5 Å². The van der Waals surface area contributed by atoms with Crippen LogP contribution in [0.5, 0.6) is 11.5 Å². The molecule has 1 atom stereocenters. The number of urea groups is 1. The molecule has 2 aromatic rings. The number of ether oxygens (including phenoxy) is 2. The van der Waals surface area contributed by atoms with Crippen LogP contribution < -0.4 is 20.1 Å². The molecule has 6 nitrogen and oxygen atoms in total. The second kappa shape index (κ2) is 7.42. The Kier molecular flexibility index (Phi) is 5.08. The second-order valence-corrected chi connectivity index (χ2v) is 5.75. The Morgan fingerprint density at radius 3 is 2.67 bits per heavy atom. The van der Waals surface area contributed by atoms with E-state index < -0.39 is 6.10 Å². The molecule has 0 spiro atoms. The zero-order chi connectivity index (χ0) is 16.9. The van der Waals surface area contributed by atoms with E-state index in [4.69, 9.17) is 21.1 Å². The molecule has 0 bridgehead atoms. The molecular weight excluding hydrogens is 332 g/mol. The summed E-state index contributed by atoms with van der Waals surface area (Å²) in [6.07, 6.45) is -0.793. The molecule has 0 aromatic heterocycles. The Morgan fingerprint density at radius 2 is 1.88 bits per heavy atom. The van der Waals surface area contributed by atoms with Crippen molar-refractivity contribution in [1.29, 1.82) is 0 Å². The third kappa shape index (κ3) is 4.10. The maximum absolute atomic E-state index is 11.8. The summed E-state index contributed by atoms with van der Waals surface area (Å²) in [7, 11) is 0. The fourth-order valence-electron chi connectivity index (χ4n) is 2.29. The van der Waals surface area contributed by atoms with Crippen molar-refractivity contribution < 1.29 is 19.4 Å². The lowest BCUT2D eigenvalue weighted by molar-refractivity contribution is 0.173. The van der Waals surface area contributed by atoms with Crippen LogP contribution in [0, 0.1) is 0 Å². The van der Waals surface area contributed by atoms with Gasteiger partial charge in [-0.15, -0.1) is 0 Å². The lowest BCUT2D eigenvalue weighted by atomic mass is 10.1. The van der Waals surface area contributed by atoms with E-state index in [9.17, 15) is 9.90 Å². The highest BCUT2D eigenvalue weighted by molar-refractivity contribution is 6.30. The smallest absolute Gasteiger partial charge is 0.315 e. The summed E-state index contributed by atoms with van der Waals surface area (Å²) in [5, 5.41) is 16.0. The molecule has 7 heteroatoms.